The van der Waals surface area contributed by atoms with Gasteiger partial charge in [-0.2, -0.15) is 0 Å². The molecule has 1 aromatic rings. The van der Waals surface area contributed by atoms with Crippen molar-refractivity contribution in [1.29, 1.82) is 0 Å². The molecule has 3 heterocycles. The number of rotatable bonds is 5. The summed E-state index contributed by atoms with van der Waals surface area (Å²) in [5.41, 5.74) is -0.0560. The number of amides is 1. The largest absolute Gasteiger partial charge is 0.498 e. The summed E-state index contributed by atoms with van der Waals surface area (Å²) in [6.45, 7) is 8.54. The van der Waals surface area contributed by atoms with Gasteiger partial charge in [-0.3, -0.25) is 4.79 Å². The van der Waals surface area contributed by atoms with Gasteiger partial charge in [0.25, 0.3) is 5.91 Å². The van der Waals surface area contributed by atoms with Crippen molar-refractivity contribution in [2.24, 2.45) is 0 Å². The fourth-order valence-corrected chi connectivity index (χ4v) is 4.22. The molecule has 2 atom stereocenters. The lowest BCUT2D eigenvalue weighted by Crippen LogP contribution is -2.46. The van der Waals surface area contributed by atoms with Crippen LogP contribution in [0.25, 0.3) is 0 Å². The minimum absolute atomic E-state index is 0.145. The van der Waals surface area contributed by atoms with Gasteiger partial charge in [-0.15, -0.1) is 0 Å². The lowest BCUT2D eigenvalue weighted by molar-refractivity contribution is -0.142. The van der Waals surface area contributed by atoms with Crippen LogP contribution in [0.2, 0.25) is 0 Å². The van der Waals surface area contributed by atoms with Gasteiger partial charge in [0.2, 0.25) is 0 Å². The lowest BCUT2D eigenvalue weighted by Gasteiger charge is -2.33. The lowest BCUT2D eigenvalue weighted by atomic mass is 9.81. The number of aliphatic hydroxyl groups excluding tert-OH is 2. The van der Waals surface area contributed by atoms with Gasteiger partial charge in [0, 0.05) is 36.2 Å². The Bertz CT molecular complexity index is 687. The maximum Gasteiger partial charge on any atom is 0.498 e. The van der Waals surface area contributed by atoms with E-state index in [0.717, 1.165) is 18.3 Å². The number of hydrogen-bond donors (Lipinski definition) is 2. The number of piperidine rings is 1. The van der Waals surface area contributed by atoms with Crippen LogP contribution in [0.15, 0.2) is 17.6 Å². The molecule has 2 aliphatic heterocycles. The van der Waals surface area contributed by atoms with Crippen molar-refractivity contribution >= 4 is 30.3 Å². The van der Waals surface area contributed by atoms with Gasteiger partial charge >= 0.3 is 7.12 Å². The first-order valence-corrected chi connectivity index (χ1v) is 10.4. The zero-order chi connectivity index (χ0) is 20.5. The van der Waals surface area contributed by atoms with Crippen molar-refractivity contribution in [3.63, 3.8) is 0 Å². The highest BCUT2D eigenvalue weighted by molar-refractivity contribution is 7.99. The molecule has 0 saturated carbocycles. The summed E-state index contributed by atoms with van der Waals surface area (Å²) >= 11 is 1.51. The number of hydrogen-bond acceptors (Lipinski definition) is 8. The molecule has 1 aromatic heterocycles. The van der Waals surface area contributed by atoms with Gasteiger partial charge in [-0.25, -0.2) is 9.97 Å². The Labute approximate surface area is 170 Å². The van der Waals surface area contributed by atoms with E-state index in [1.54, 1.807) is 17.3 Å². The van der Waals surface area contributed by atoms with Crippen LogP contribution in [0.4, 0.5) is 0 Å². The predicted molar refractivity (Wildman–Crippen MR) is 106 cm³/mol. The van der Waals surface area contributed by atoms with E-state index in [4.69, 9.17) is 14.4 Å². The Morgan fingerprint density at radius 2 is 1.93 bits per heavy atom. The standard InChI is InChI=1S/C18H28BN3O5S/c1-17(2)18(3,4)27-19(26-17)12-8-20-16(21-9-12)28-13-6-5-7-22(10-13)15(25)14(24)11-23/h8-9,13-14,23-24H,5-7,10-11H2,1-4H3/t13-,14+/m1/s1. The molecule has 0 bridgehead atoms. The summed E-state index contributed by atoms with van der Waals surface area (Å²) in [5, 5.41) is 19.3. The van der Waals surface area contributed by atoms with Crippen molar-refractivity contribution < 1.29 is 24.3 Å². The van der Waals surface area contributed by atoms with E-state index in [9.17, 15) is 9.90 Å². The quantitative estimate of drug-likeness (QED) is 0.526. The Kier molecular flexibility index (Phi) is 6.36. The molecule has 0 radical (unpaired) electrons. The molecule has 0 spiro atoms. The topological polar surface area (TPSA) is 105 Å². The number of nitrogens with zero attached hydrogens (tertiary/aromatic N) is 3. The summed E-state index contributed by atoms with van der Waals surface area (Å²) in [7, 11) is -0.494. The third-order valence-electron chi connectivity index (χ3n) is 5.59. The number of thioether (sulfide) groups is 1. The Balaban J connectivity index is 1.60. The van der Waals surface area contributed by atoms with Gasteiger partial charge in [0.15, 0.2) is 11.3 Å². The molecule has 28 heavy (non-hydrogen) atoms. The number of carbonyl (C=O) groups excluding carboxylic acids is 1. The molecule has 10 heteroatoms. The minimum Gasteiger partial charge on any atom is -0.399 e. The van der Waals surface area contributed by atoms with E-state index in [2.05, 4.69) is 9.97 Å². The Hall–Kier alpha value is -1.20. The number of likely N-dealkylation sites (tertiary alicyclic amines) is 1. The van der Waals surface area contributed by atoms with Crippen LogP contribution in [-0.4, -0.2) is 80.4 Å². The third kappa shape index (κ3) is 4.51. The van der Waals surface area contributed by atoms with Gasteiger partial charge in [-0.1, -0.05) is 11.8 Å². The fourth-order valence-electron chi connectivity index (χ4n) is 3.16. The molecular weight excluding hydrogens is 381 g/mol. The summed E-state index contributed by atoms with van der Waals surface area (Å²) in [5.74, 6) is -0.426. The second-order valence-electron chi connectivity index (χ2n) is 8.25. The molecular formula is C18H28BN3O5S. The first kappa shape index (κ1) is 21.5. The highest BCUT2D eigenvalue weighted by atomic mass is 32.2. The molecule has 2 N–H and O–H groups in total. The van der Waals surface area contributed by atoms with E-state index in [0.29, 0.717) is 18.2 Å². The Morgan fingerprint density at radius 1 is 1.32 bits per heavy atom. The van der Waals surface area contributed by atoms with E-state index >= 15 is 0 Å². The summed E-state index contributed by atoms with van der Waals surface area (Å²) in [6.07, 6.45) is 3.87. The van der Waals surface area contributed by atoms with Crippen LogP contribution in [0.1, 0.15) is 40.5 Å². The molecule has 154 valence electrons. The van der Waals surface area contributed by atoms with Crippen molar-refractivity contribution in [2.45, 2.75) is 68.2 Å². The summed E-state index contributed by atoms with van der Waals surface area (Å²) in [6, 6.07) is 0. The molecule has 0 unspecified atom stereocenters. The van der Waals surface area contributed by atoms with Gasteiger partial charge in [0.1, 0.15) is 0 Å². The Morgan fingerprint density at radius 3 is 2.50 bits per heavy atom. The van der Waals surface area contributed by atoms with Crippen LogP contribution in [0, 0.1) is 0 Å². The van der Waals surface area contributed by atoms with Crippen molar-refractivity contribution in [3.8, 4) is 0 Å². The zero-order valence-electron chi connectivity index (χ0n) is 16.8. The number of carbonyl (C=O) groups is 1. The maximum atomic E-state index is 12.1. The molecule has 1 amide bonds. The highest BCUT2D eigenvalue weighted by Gasteiger charge is 2.52. The number of aromatic nitrogens is 2. The summed E-state index contributed by atoms with van der Waals surface area (Å²) < 4.78 is 12.0. The normalized spacial score (nSPS) is 25.0. The molecule has 2 saturated heterocycles. The van der Waals surface area contributed by atoms with Gasteiger partial charge < -0.3 is 24.4 Å². The van der Waals surface area contributed by atoms with Crippen LogP contribution in [-0.2, 0) is 14.1 Å². The van der Waals surface area contributed by atoms with Crippen molar-refractivity contribution in [3.05, 3.63) is 12.4 Å². The second kappa shape index (κ2) is 8.27. The van der Waals surface area contributed by atoms with E-state index in [-0.39, 0.29) is 5.25 Å². The summed E-state index contributed by atoms with van der Waals surface area (Å²) in [4.78, 5) is 22.5. The third-order valence-corrected chi connectivity index (χ3v) is 6.73. The smallest absolute Gasteiger partial charge is 0.399 e. The molecule has 0 aromatic carbocycles. The second-order valence-corrected chi connectivity index (χ2v) is 9.52. The molecule has 3 rings (SSSR count). The van der Waals surface area contributed by atoms with E-state index in [1.807, 2.05) is 27.7 Å². The SMILES string of the molecule is CC1(C)OB(c2cnc(S[C@@H]3CCCN(C(=O)[C@@H](O)CO)C3)nc2)OC1(C)C. The average molecular weight is 409 g/mol. The van der Waals surface area contributed by atoms with Crippen molar-refractivity contribution in [1.82, 2.24) is 14.9 Å². The van der Waals surface area contributed by atoms with Crippen molar-refractivity contribution in [2.75, 3.05) is 19.7 Å². The zero-order valence-corrected chi connectivity index (χ0v) is 17.6. The fraction of sp³-hybridized carbons (Fsp3) is 0.722. The van der Waals surface area contributed by atoms with Crippen LogP contribution < -0.4 is 5.46 Å². The predicted octanol–water partition coefficient (Wildman–Crippen LogP) is 0.212. The maximum absolute atomic E-state index is 12.1. The van der Waals surface area contributed by atoms with E-state index < -0.39 is 36.9 Å². The first-order valence-electron chi connectivity index (χ1n) is 9.55. The highest BCUT2D eigenvalue weighted by Crippen LogP contribution is 2.36. The van der Waals surface area contributed by atoms with E-state index in [1.165, 1.54) is 11.8 Å². The van der Waals surface area contributed by atoms with Crippen LogP contribution in [0.5, 0.6) is 0 Å². The monoisotopic (exact) mass is 409 g/mol. The molecule has 2 aliphatic rings. The van der Waals surface area contributed by atoms with Crippen LogP contribution in [0.3, 0.4) is 0 Å². The van der Waals surface area contributed by atoms with Gasteiger partial charge in [0.05, 0.1) is 17.8 Å². The average Bonchev–Trinajstić information content (AvgIpc) is 2.88. The van der Waals surface area contributed by atoms with Gasteiger partial charge in [-0.05, 0) is 40.5 Å². The minimum atomic E-state index is -1.35. The molecule has 0 aliphatic carbocycles. The number of aliphatic hydroxyl groups is 2. The first-order chi connectivity index (χ1) is 13.1. The van der Waals surface area contributed by atoms with Crippen LogP contribution >= 0.6 is 11.8 Å². The molecule has 8 nitrogen and oxygen atoms in total. The molecule has 2 fully saturated rings.